The van der Waals surface area contributed by atoms with Crippen LogP contribution in [0.5, 0.6) is 0 Å². The van der Waals surface area contributed by atoms with Crippen LogP contribution >= 0.6 is 0 Å². The fourth-order valence-corrected chi connectivity index (χ4v) is 4.59. The van der Waals surface area contributed by atoms with E-state index in [-0.39, 0.29) is 23.6 Å². The minimum Gasteiger partial charge on any atom is -0.354 e. The van der Waals surface area contributed by atoms with Crippen molar-refractivity contribution in [1.82, 2.24) is 10.6 Å². The summed E-state index contributed by atoms with van der Waals surface area (Å²) in [6, 6.07) is 8.93. The molecule has 10 heteroatoms. The molecular formula is C25H26F6N2O2. The molecule has 1 atom stereocenters. The molecule has 1 aliphatic carbocycles. The lowest BCUT2D eigenvalue weighted by Gasteiger charge is -2.40. The first-order valence-electron chi connectivity index (χ1n) is 11.2. The number of alkyl halides is 6. The van der Waals surface area contributed by atoms with Crippen LogP contribution in [0.4, 0.5) is 26.3 Å². The Morgan fingerprint density at radius 1 is 0.914 bits per heavy atom. The molecule has 1 aliphatic rings. The van der Waals surface area contributed by atoms with E-state index < -0.39 is 40.8 Å². The Hall–Kier alpha value is -3.04. The minimum atomic E-state index is -4.98. The van der Waals surface area contributed by atoms with Crippen LogP contribution in [0.1, 0.15) is 67.8 Å². The molecule has 0 heterocycles. The maximum absolute atomic E-state index is 13.6. The van der Waals surface area contributed by atoms with Crippen molar-refractivity contribution in [3.05, 3.63) is 70.8 Å². The first-order chi connectivity index (χ1) is 16.2. The van der Waals surface area contributed by atoms with Crippen molar-refractivity contribution < 1.29 is 35.9 Å². The summed E-state index contributed by atoms with van der Waals surface area (Å²) in [6.45, 7) is 2.76. The van der Waals surface area contributed by atoms with Crippen LogP contribution in [-0.4, -0.2) is 17.9 Å². The largest absolute Gasteiger partial charge is 0.416 e. The Morgan fingerprint density at radius 3 is 1.89 bits per heavy atom. The monoisotopic (exact) mass is 500 g/mol. The molecule has 1 fully saturated rings. The molecule has 2 N–H and O–H groups in total. The third-order valence-electron chi connectivity index (χ3n) is 6.47. The highest BCUT2D eigenvalue weighted by atomic mass is 19.4. The summed E-state index contributed by atoms with van der Waals surface area (Å²) in [5.41, 5.74) is -3.49. The Balaban J connectivity index is 1.92. The van der Waals surface area contributed by atoms with Crippen molar-refractivity contribution in [3.8, 4) is 0 Å². The molecule has 3 rings (SSSR count). The second-order valence-electron chi connectivity index (χ2n) is 8.96. The Morgan fingerprint density at radius 2 is 1.43 bits per heavy atom. The van der Waals surface area contributed by atoms with Crippen LogP contribution in [0.2, 0.25) is 0 Å². The summed E-state index contributed by atoms with van der Waals surface area (Å²) in [7, 11) is 0. The van der Waals surface area contributed by atoms with Crippen LogP contribution in [0.3, 0.4) is 0 Å². The molecule has 190 valence electrons. The predicted octanol–water partition coefficient (Wildman–Crippen LogP) is 5.92. The average Bonchev–Trinajstić information content (AvgIpc) is 2.78. The molecule has 0 radical (unpaired) electrons. The second kappa shape index (κ2) is 9.91. The minimum absolute atomic E-state index is 0.0623. The van der Waals surface area contributed by atoms with Gasteiger partial charge >= 0.3 is 12.4 Å². The van der Waals surface area contributed by atoms with Gasteiger partial charge in [0.1, 0.15) is 0 Å². The molecule has 2 aromatic carbocycles. The highest BCUT2D eigenvalue weighted by Gasteiger charge is 2.44. The van der Waals surface area contributed by atoms with E-state index in [4.69, 9.17) is 0 Å². The van der Waals surface area contributed by atoms with Gasteiger partial charge in [0.15, 0.2) is 0 Å². The van der Waals surface area contributed by atoms with Crippen LogP contribution in [0.15, 0.2) is 48.5 Å². The molecule has 0 bridgehead atoms. The van der Waals surface area contributed by atoms with E-state index in [2.05, 4.69) is 10.6 Å². The number of carbonyl (C=O) groups is 2. The first kappa shape index (κ1) is 26.6. The average molecular weight is 500 g/mol. The van der Waals surface area contributed by atoms with Crippen molar-refractivity contribution in [3.63, 3.8) is 0 Å². The van der Waals surface area contributed by atoms with Gasteiger partial charge in [0.25, 0.3) is 0 Å². The SMILES string of the molecule is CC(=O)N[C@H]1CC[C@@](C(=O)NC(C)c2cc(C(F)(F)F)cc(C(F)(F)F)c2)(c2ccccc2)CC1. The zero-order chi connectivity index (χ0) is 26.0. The van der Waals surface area contributed by atoms with Gasteiger partial charge in [-0.2, -0.15) is 26.3 Å². The highest BCUT2D eigenvalue weighted by Crippen LogP contribution is 2.41. The molecule has 2 aromatic rings. The van der Waals surface area contributed by atoms with Gasteiger partial charge in [0.2, 0.25) is 11.8 Å². The van der Waals surface area contributed by atoms with Gasteiger partial charge in [0, 0.05) is 13.0 Å². The van der Waals surface area contributed by atoms with Crippen LogP contribution in [0, 0.1) is 0 Å². The van der Waals surface area contributed by atoms with Gasteiger partial charge in [-0.15, -0.1) is 0 Å². The number of amides is 2. The van der Waals surface area contributed by atoms with E-state index in [1.165, 1.54) is 13.8 Å². The van der Waals surface area contributed by atoms with Crippen molar-refractivity contribution in [1.29, 1.82) is 0 Å². The standard InChI is InChI=1S/C25H26F6N2O2/c1-15(17-12-19(24(26,27)28)14-20(13-17)25(29,30)31)32-22(35)23(18-6-4-3-5-7-18)10-8-21(9-11-23)33-16(2)34/h3-7,12-15,21H,8-11H2,1-2H3,(H,32,35)(H,33,34)/t15?,21-,23-. The number of nitrogens with one attached hydrogen (secondary N) is 2. The molecule has 0 aromatic heterocycles. The summed E-state index contributed by atoms with van der Waals surface area (Å²) in [4.78, 5) is 25.0. The molecule has 2 amide bonds. The number of hydrogen-bond donors (Lipinski definition) is 2. The third-order valence-corrected chi connectivity index (χ3v) is 6.47. The Bertz CT molecular complexity index is 1030. The predicted molar refractivity (Wildman–Crippen MR) is 117 cm³/mol. The molecule has 0 saturated heterocycles. The molecular weight excluding hydrogens is 474 g/mol. The van der Waals surface area contributed by atoms with Crippen LogP contribution < -0.4 is 10.6 Å². The number of carbonyl (C=O) groups excluding carboxylic acids is 2. The summed E-state index contributed by atoms with van der Waals surface area (Å²) in [6.07, 6.45) is -8.25. The smallest absolute Gasteiger partial charge is 0.354 e. The normalized spacial score (nSPS) is 21.8. The lowest BCUT2D eigenvalue weighted by molar-refractivity contribution is -0.143. The van der Waals surface area contributed by atoms with Crippen molar-refractivity contribution in [2.24, 2.45) is 0 Å². The molecule has 1 saturated carbocycles. The van der Waals surface area contributed by atoms with Gasteiger partial charge < -0.3 is 10.6 Å². The summed E-state index contributed by atoms with van der Waals surface area (Å²) in [5, 5.41) is 5.49. The lowest BCUT2D eigenvalue weighted by Crippen LogP contribution is -2.50. The van der Waals surface area contributed by atoms with Crippen LogP contribution in [-0.2, 0) is 27.4 Å². The van der Waals surface area contributed by atoms with Gasteiger partial charge in [-0.1, -0.05) is 30.3 Å². The number of hydrogen-bond acceptors (Lipinski definition) is 2. The highest BCUT2D eigenvalue weighted by molar-refractivity contribution is 5.88. The molecule has 0 spiro atoms. The van der Waals surface area contributed by atoms with Crippen LogP contribution in [0.25, 0.3) is 0 Å². The Kier molecular flexibility index (Phi) is 7.52. The number of halogens is 6. The Labute approximate surface area is 199 Å². The lowest BCUT2D eigenvalue weighted by atomic mass is 9.67. The fourth-order valence-electron chi connectivity index (χ4n) is 4.59. The van der Waals surface area contributed by atoms with E-state index in [1.54, 1.807) is 30.3 Å². The first-order valence-corrected chi connectivity index (χ1v) is 11.2. The summed E-state index contributed by atoms with van der Waals surface area (Å²) >= 11 is 0. The van der Waals surface area contributed by atoms with Gasteiger partial charge in [-0.3, -0.25) is 9.59 Å². The molecule has 35 heavy (non-hydrogen) atoms. The second-order valence-corrected chi connectivity index (χ2v) is 8.96. The number of benzene rings is 2. The van der Waals surface area contributed by atoms with Crippen molar-refractivity contribution >= 4 is 11.8 Å². The summed E-state index contributed by atoms with van der Waals surface area (Å²) in [5.74, 6) is -0.672. The number of rotatable bonds is 5. The topological polar surface area (TPSA) is 58.2 Å². The summed E-state index contributed by atoms with van der Waals surface area (Å²) < 4.78 is 79.7. The van der Waals surface area contributed by atoms with E-state index >= 15 is 0 Å². The zero-order valence-corrected chi connectivity index (χ0v) is 19.2. The maximum atomic E-state index is 13.6. The van der Waals surface area contributed by atoms with E-state index in [0.717, 1.165) is 0 Å². The van der Waals surface area contributed by atoms with Crippen molar-refractivity contribution in [2.75, 3.05) is 0 Å². The van der Waals surface area contributed by atoms with Crippen molar-refractivity contribution in [2.45, 2.75) is 69.4 Å². The third kappa shape index (κ3) is 6.15. The van der Waals surface area contributed by atoms with E-state index in [9.17, 15) is 35.9 Å². The fraction of sp³-hybridized carbons (Fsp3) is 0.440. The zero-order valence-electron chi connectivity index (χ0n) is 19.2. The van der Waals surface area contributed by atoms with Gasteiger partial charge in [-0.05, 0) is 61.9 Å². The van der Waals surface area contributed by atoms with Gasteiger partial charge in [0.05, 0.1) is 22.6 Å². The van der Waals surface area contributed by atoms with Gasteiger partial charge in [-0.25, -0.2) is 0 Å². The molecule has 0 aliphatic heterocycles. The maximum Gasteiger partial charge on any atom is 0.416 e. The quantitative estimate of drug-likeness (QED) is 0.501. The van der Waals surface area contributed by atoms with E-state index in [0.29, 0.717) is 43.4 Å². The molecule has 1 unspecified atom stereocenters. The van der Waals surface area contributed by atoms with E-state index in [1.807, 2.05) is 0 Å². The molecule has 4 nitrogen and oxygen atoms in total.